The normalized spacial score (nSPS) is 13.4. The van der Waals surface area contributed by atoms with Gasteiger partial charge in [-0.2, -0.15) is 5.10 Å². The van der Waals surface area contributed by atoms with Gasteiger partial charge in [-0.15, -0.1) is 0 Å². The molecule has 0 aliphatic heterocycles. The first-order valence-electron chi connectivity index (χ1n) is 8.81. The highest BCUT2D eigenvalue weighted by atomic mass is 16.3. The average molecular weight is 339 g/mol. The third-order valence-corrected chi connectivity index (χ3v) is 4.85. The number of hydrogen-bond donors (Lipinski definition) is 1. The van der Waals surface area contributed by atoms with E-state index in [1.807, 2.05) is 36.0 Å². The molecule has 132 valence electrons. The third-order valence-electron chi connectivity index (χ3n) is 4.85. The van der Waals surface area contributed by atoms with E-state index in [9.17, 15) is 4.79 Å². The minimum absolute atomic E-state index is 0.121. The molecule has 1 aromatic carbocycles. The molecule has 1 amide bonds. The number of aliphatic hydroxyl groups excluding tert-OH is 1. The lowest BCUT2D eigenvalue weighted by Crippen LogP contribution is -2.30. The first kappa shape index (κ1) is 17.4. The van der Waals surface area contributed by atoms with Crippen LogP contribution in [-0.2, 0) is 37.6 Å². The summed E-state index contributed by atoms with van der Waals surface area (Å²) in [4.78, 5) is 14.2. The number of amides is 1. The third kappa shape index (κ3) is 3.66. The maximum absolute atomic E-state index is 12.5. The Kier molecular flexibility index (Phi) is 5.34. The number of rotatable bonds is 6. The molecular weight excluding hydrogens is 314 g/mol. The minimum atomic E-state index is -0.124. The Bertz CT molecular complexity index is 762. The Morgan fingerprint density at radius 2 is 2.04 bits per heavy atom. The zero-order valence-electron chi connectivity index (χ0n) is 14.7. The van der Waals surface area contributed by atoms with Crippen molar-refractivity contribution in [1.82, 2.24) is 9.78 Å². The van der Waals surface area contributed by atoms with Crippen LogP contribution >= 0.6 is 0 Å². The van der Waals surface area contributed by atoms with Gasteiger partial charge in [0, 0.05) is 19.3 Å². The molecule has 0 unspecified atom stereocenters. The van der Waals surface area contributed by atoms with E-state index < -0.39 is 0 Å². The monoisotopic (exact) mass is 339 g/mol. The Labute approximate surface area is 148 Å². The van der Waals surface area contributed by atoms with Crippen LogP contribution in [0.5, 0.6) is 0 Å². The molecule has 5 nitrogen and oxygen atoms in total. The van der Waals surface area contributed by atoms with Crippen LogP contribution in [0.3, 0.4) is 0 Å². The van der Waals surface area contributed by atoms with E-state index in [4.69, 9.17) is 5.11 Å². The highest BCUT2D eigenvalue weighted by Gasteiger charge is 2.23. The van der Waals surface area contributed by atoms with E-state index in [0.29, 0.717) is 13.0 Å². The number of aromatic nitrogens is 2. The Hall–Kier alpha value is -2.40. The maximum Gasteiger partial charge on any atom is 0.250 e. The first-order chi connectivity index (χ1) is 12.1. The van der Waals surface area contributed by atoms with E-state index in [1.54, 1.807) is 4.90 Å². The summed E-state index contributed by atoms with van der Waals surface area (Å²) in [5.41, 5.74) is 5.46. The van der Waals surface area contributed by atoms with Gasteiger partial charge in [0.05, 0.1) is 17.9 Å². The molecule has 0 fully saturated rings. The Morgan fingerprint density at radius 3 is 2.72 bits per heavy atom. The van der Waals surface area contributed by atoms with Crippen LogP contribution < -0.4 is 4.90 Å². The number of benzene rings is 1. The fourth-order valence-electron chi connectivity index (χ4n) is 3.47. The molecule has 0 radical (unpaired) electrons. The van der Waals surface area contributed by atoms with Crippen LogP contribution in [0.1, 0.15) is 35.4 Å². The number of carbonyl (C=O) groups is 1. The van der Waals surface area contributed by atoms with Crippen LogP contribution in [0, 0.1) is 0 Å². The average Bonchev–Trinajstić information content (AvgIpc) is 2.95. The number of carbonyl (C=O) groups excluding carboxylic acids is 1. The van der Waals surface area contributed by atoms with Crippen molar-refractivity contribution in [3.8, 4) is 0 Å². The maximum atomic E-state index is 12.5. The summed E-state index contributed by atoms with van der Waals surface area (Å²) in [6.07, 6.45) is 6.38. The van der Waals surface area contributed by atoms with Crippen molar-refractivity contribution in [2.75, 3.05) is 11.5 Å². The van der Waals surface area contributed by atoms with Gasteiger partial charge in [-0.1, -0.05) is 18.7 Å². The zero-order valence-corrected chi connectivity index (χ0v) is 14.7. The van der Waals surface area contributed by atoms with Gasteiger partial charge in [0.2, 0.25) is 0 Å². The van der Waals surface area contributed by atoms with Crippen molar-refractivity contribution in [3.63, 3.8) is 0 Å². The van der Waals surface area contributed by atoms with Gasteiger partial charge in [0.25, 0.3) is 5.91 Å². The van der Waals surface area contributed by atoms with Gasteiger partial charge in [-0.3, -0.25) is 9.48 Å². The topological polar surface area (TPSA) is 58.4 Å². The molecule has 1 aromatic heterocycles. The van der Waals surface area contributed by atoms with E-state index >= 15 is 0 Å². The van der Waals surface area contributed by atoms with E-state index in [2.05, 4.69) is 11.7 Å². The predicted molar refractivity (Wildman–Crippen MR) is 98.5 cm³/mol. The Balaban J connectivity index is 1.91. The van der Waals surface area contributed by atoms with Crippen LogP contribution in [0.4, 0.5) is 5.69 Å². The van der Waals surface area contributed by atoms with Crippen LogP contribution in [0.15, 0.2) is 36.9 Å². The molecule has 1 aliphatic carbocycles. The SMILES string of the molecule is C=CC(=O)N(Cc1c2c(nn1C)CCCC2)c1ccc(CCO)cc1. The number of anilines is 1. The molecular formula is C20H25N3O2. The van der Waals surface area contributed by atoms with E-state index in [1.165, 1.54) is 30.2 Å². The molecule has 25 heavy (non-hydrogen) atoms. The standard InChI is InChI=1S/C20H25N3O2/c1-3-20(25)23(16-10-8-15(9-11-16)12-13-24)14-19-17-6-4-5-7-18(17)21-22(19)2/h3,8-11,24H,1,4-7,12-14H2,2H3. The smallest absolute Gasteiger partial charge is 0.250 e. The van der Waals surface area contributed by atoms with Crippen molar-refractivity contribution in [1.29, 1.82) is 0 Å². The molecule has 0 spiro atoms. The summed E-state index contributed by atoms with van der Waals surface area (Å²) in [7, 11) is 1.95. The summed E-state index contributed by atoms with van der Waals surface area (Å²) in [5.74, 6) is -0.124. The molecule has 2 aromatic rings. The number of fused-ring (bicyclic) bond motifs is 1. The highest BCUT2D eigenvalue weighted by Crippen LogP contribution is 2.26. The number of nitrogens with zero attached hydrogens (tertiary/aromatic N) is 3. The largest absolute Gasteiger partial charge is 0.396 e. The number of aryl methyl sites for hydroxylation is 2. The second-order valence-corrected chi connectivity index (χ2v) is 6.47. The fourth-order valence-corrected chi connectivity index (χ4v) is 3.47. The molecule has 5 heteroatoms. The summed E-state index contributed by atoms with van der Waals surface area (Å²) in [5, 5.41) is 13.7. The number of hydrogen-bond acceptors (Lipinski definition) is 3. The quantitative estimate of drug-likeness (QED) is 0.823. The van der Waals surface area contributed by atoms with Crippen LogP contribution in [-0.4, -0.2) is 27.4 Å². The fraction of sp³-hybridized carbons (Fsp3) is 0.400. The van der Waals surface area contributed by atoms with Crippen molar-refractivity contribution in [2.45, 2.75) is 38.6 Å². The van der Waals surface area contributed by atoms with Gasteiger partial charge in [0.15, 0.2) is 0 Å². The molecule has 1 aliphatic rings. The summed E-state index contributed by atoms with van der Waals surface area (Å²) >= 11 is 0. The molecule has 1 heterocycles. The second kappa shape index (κ2) is 7.66. The summed E-state index contributed by atoms with van der Waals surface area (Å²) in [6.45, 7) is 4.26. The van der Waals surface area contributed by atoms with E-state index in [0.717, 1.165) is 29.8 Å². The summed E-state index contributed by atoms with van der Waals surface area (Å²) in [6, 6.07) is 7.76. The van der Waals surface area contributed by atoms with Crippen molar-refractivity contribution >= 4 is 11.6 Å². The molecule has 0 atom stereocenters. The molecule has 1 N–H and O–H groups in total. The van der Waals surface area contributed by atoms with Gasteiger partial charge < -0.3 is 10.0 Å². The van der Waals surface area contributed by atoms with Gasteiger partial charge >= 0.3 is 0 Å². The van der Waals surface area contributed by atoms with Gasteiger partial charge in [-0.05, 0) is 61.4 Å². The minimum Gasteiger partial charge on any atom is -0.396 e. The van der Waals surface area contributed by atoms with Gasteiger partial charge in [-0.25, -0.2) is 0 Å². The highest BCUT2D eigenvalue weighted by molar-refractivity contribution is 6.00. The molecule has 0 bridgehead atoms. The molecule has 3 rings (SSSR count). The lowest BCUT2D eigenvalue weighted by atomic mass is 9.95. The van der Waals surface area contributed by atoms with Crippen LogP contribution in [0.2, 0.25) is 0 Å². The van der Waals surface area contributed by atoms with Crippen molar-refractivity contribution in [2.24, 2.45) is 7.05 Å². The number of aliphatic hydroxyl groups is 1. The predicted octanol–water partition coefficient (Wildman–Crippen LogP) is 2.55. The van der Waals surface area contributed by atoms with Crippen LogP contribution in [0.25, 0.3) is 0 Å². The van der Waals surface area contributed by atoms with Crippen molar-refractivity contribution < 1.29 is 9.90 Å². The van der Waals surface area contributed by atoms with E-state index in [-0.39, 0.29) is 12.5 Å². The lowest BCUT2D eigenvalue weighted by Gasteiger charge is -2.23. The molecule has 0 saturated heterocycles. The molecule has 0 saturated carbocycles. The summed E-state index contributed by atoms with van der Waals surface area (Å²) < 4.78 is 1.92. The second-order valence-electron chi connectivity index (χ2n) is 6.47. The van der Waals surface area contributed by atoms with Crippen molar-refractivity contribution in [3.05, 3.63) is 59.4 Å². The van der Waals surface area contributed by atoms with Gasteiger partial charge in [0.1, 0.15) is 0 Å². The zero-order chi connectivity index (χ0) is 17.8. The first-order valence-corrected chi connectivity index (χ1v) is 8.81. The Morgan fingerprint density at radius 1 is 1.32 bits per heavy atom. The lowest BCUT2D eigenvalue weighted by molar-refractivity contribution is -0.114.